The lowest BCUT2D eigenvalue weighted by molar-refractivity contribution is -0.142. The maximum absolute atomic E-state index is 14.7. The van der Waals surface area contributed by atoms with E-state index >= 15 is 0 Å². The number of fused-ring (bicyclic) bond motifs is 1. The van der Waals surface area contributed by atoms with Crippen LogP contribution in [0.25, 0.3) is 10.9 Å². The number of aliphatic carboxylic acids is 1. The maximum atomic E-state index is 14.7. The standard InChI is InChI=1S/C49H75N15O11S2/c1-25(2)15-33(42(68)57-32(11-7-13-54-49(51)52)41(67)63-38(23-77)48(74)75)58-44(70)35(18-28-20-53-24-56-28)60-43(69)34(17-27-19-55-31-10-6-5-9-29(27)31)59-45(71)37(21-65)62-46(72)39-12-8-14-64(39)47(73)36(16-26(3)4)61-40(66)30(50)22-76/h5-6,9-10,19-20,24-26,30,32-39,55,65,76-77H,7-8,11-18,21-23,50H2,1-4H3,(H,53,56)(H,57,68)(H,58,70)(H,59,71)(H,60,69)(H,61,66)(H,62,72)(H,63,67)(H,74,75)(H4,51,52,54)/t30-,32-,33-,34-,35-,36-,37-,38-,39-/m0/s1. The Morgan fingerprint density at radius 3 is 1.91 bits per heavy atom. The number of nitrogens with two attached hydrogens (primary N) is 3. The minimum Gasteiger partial charge on any atom is -0.480 e. The van der Waals surface area contributed by atoms with E-state index in [-0.39, 0.29) is 87.3 Å². The van der Waals surface area contributed by atoms with Crippen LogP contribution in [0.4, 0.5) is 0 Å². The van der Waals surface area contributed by atoms with Crippen LogP contribution in [0, 0.1) is 11.8 Å². The first-order valence-electron chi connectivity index (χ1n) is 25.4. The summed E-state index contributed by atoms with van der Waals surface area (Å²) in [6.45, 7) is 6.63. The molecule has 0 aliphatic carbocycles. The number of aromatic nitrogens is 3. The second kappa shape index (κ2) is 30.7. The van der Waals surface area contributed by atoms with E-state index in [1.165, 1.54) is 17.4 Å². The number of rotatable bonds is 31. The molecule has 17 N–H and O–H groups in total. The van der Waals surface area contributed by atoms with Gasteiger partial charge >= 0.3 is 5.97 Å². The molecule has 3 heterocycles. The molecule has 0 spiro atoms. The van der Waals surface area contributed by atoms with Gasteiger partial charge in [0.05, 0.1) is 19.0 Å². The zero-order valence-electron chi connectivity index (χ0n) is 43.6. The Balaban J connectivity index is 1.61. The number of imidazole rings is 1. The summed E-state index contributed by atoms with van der Waals surface area (Å²) in [5.74, 6) is -8.25. The molecule has 2 aromatic heterocycles. The lowest BCUT2D eigenvalue weighted by Crippen LogP contribution is -2.61. The van der Waals surface area contributed by atoms with Crippen LogP contribution in [0.2, 0.25) is 0 Å². The molecule has 77 heavy (non-hydrogen) atoms. The number of nitrogens with one attached hydrogen (secondary N) is 9. The van der Waals surface area contributed by atoms with Gasteiger partial charge in [0.1, 0.15) is 48.3 Å². The summed E-state index contributed by atoms with van der Waals surface area (Å²) < 4.78 is 0. The predicted molar refractivity (Wildman–Crippen MR) is 292 cm³/mol. The largest absolute Gasteiger partial charge is 0.480 e. The molecule has 1 saturated heterocycles. The topological polar surface area (TPSA) is 416 Å². The van der Waals surface area contributed by atoms with Crippen molar-refractivity contribution in [2.75, 3.05) is 31.2 Å². The summed E-state index contributed by atoms with van der Waals surface area (Å²) >= 11 is 8.10. The highest BCUT2D eigenvalue weighted by Gasteiger charge is 2.40. The van der Waals surface area contributed by atoms with E-state index < -0.39 is 114 Å². The lowest BCUT2D eigenvalue weighted by atomic mass is 10.0. The number of nitrogens with zero attached hydrogens (tertiary/aromatic N) is 3. The van der Waals surface area contributed by atoms with Gasteiger partial charge in [-0.3, -0.25) is 43.3 Å². The summed E-state index contributed by atoms with van der Waals surface area (Å²) in [5, 5.41) is 39.1. The van der Waals surface area contributed by atoms with E-state index in [4.69, 9.17) is 17.2 Å². The quantitative estimate of drug-likeness (QED) is 0.0137. The molecule has 0 radical (unpaired) electrons. The number of benzene rings is 1. The average molecular weight is 1110 g/mol. The minimum absolute atomic E-state index is 0.0341. The number of guanidine groups is 1. The van der Waals surface area contributed by atoms with Crippen LogP contribution in [0.3, 0.4) is 0 Å². The summed E-state index contributed by atoms with van der Waals surface area (Å²) in [6, 6.07) is -4.45. The number of H-pyrrole nitrogens is 2. The molecule has 1 aliphatic heterocycles. The van der Waals surface area contributed by atoms with Gasteiger partial charge < -0.3 is 79.5 Å². The van der Waals surface area contributed by atoms with Crippen molar-refractivity contribution in [3.05, 3.63) is 54.2 Å². The summed E-state index contributed by atoms with van der Waals surface area (Å²) in [4.78, 5) is 139. The Morgan fingerprint density at radius 1 is 0.740 bits per heavy atom. The number of likely N-dealkylation sites (tertiary alicyclic amines) is 1. The maximum Gasteiger partial charge on any atom is 0.327 e. The van der Waals surface area contributed by atoms with Crippen molar-refractivity contribution in [3.8, 4) is 0 Å². The van der Waals surface area contributed by atoms with E-state index in [2.05, 4.69) is 82.4 Å². The first-order valence-corrected chi connectivity index (χ1v) is 26.6. The van der Waals surface area contributed by atoms with E-state index in [0.717, 1.165) is 0 Å². The number of hydrogen-bond acceptors (Lipinski definition) is 15. The molecule has 4 rings (SSSR count). The molecule has 1 aliphatic rings. The molecule has 1 aromatic carbocycles. The molecule has 26 nitrogen and oxygen atoms in total. The monoisotopic (exact) mass is 1110 g/mol. The molecule has 3 aromatic rings. The number of hydrogen-bond donors (Lipinski definition) is 16. The van der Waals surface area contributed by atoms with Crippen LogP contribution < -0.4 is 54.4 Å². The molecule has 1 fully saturated rings. The highest BCUT2D eigenvalue weighted by Crippen LogP contribution is 2.22. The number of amides is 8. The fourth-order valence-corrected chi connectivity index (χ4v) is 9.01. The molecular weight excluding hydrogens is 1040 g/mol. The molecule has 8 amide bonds. The van der Waals surface area contributed by atoms with Gasteiger partial charge in [0.15, 0.2) is 5.96 Å². The number of aliphatic hydroxyl groups excluding tert-OH is 1. The van der Waals surface area contributed by atoms with Crippen LogP contribution in [-0.2, 0) is 56.0 Å². The molecule has 0 saturated carbocycles. The number of carboxylic acids is 1. The highest BCUT2D eigenvalue weighted by atomic mass is 32.1. The van der Waals surface area contributed by atoms with Crippen LogP contribution in [0.1, 0.15) is 77.5 Å². The van der Waals surface area contributed by atoms with Gasteiger partial charge in [-0.25, -0.2) is 9.78 Å². The third-order valence-electron chi connectivity index (χ3n) is 12.6. The molecular formula is C49H75N15O11S2. The predicted octanol–water partition coefficient (Wildman–Crippen LogP) is -2.53. The fraction of sp³-hybridized carbons (Fsp3) is 0.571. The van der Waals surface area contributed by atoms with Crippen molar-refractivity contribution >= 4 is 95.3 Å². The Morgan fingerprint density at radius 2 is 1.31 bits per heavy atom. The Hall–Kier alpha value is -6.91. The Labute approximate surface area is 457 Å². The van der Waals surface area contributed by atoms with Gasteiger partial charge in [0.25, 0.3) is 0 Å². The Kier molecular flexibility index (Phi) is 25.0. The zero-order valence-corrected chi connectivity index (χ0v) is 45.4. The second-order valence-corrected chi connectivity index (χ2v) is 20.4. The number of carbonyl (C=O) groups is 9. The van der Waals surface area contributed by atoms with Gasteiger partial charge in [0, 0.05) is 66.4 Å². The molecule has 28 heteroatoms. The number of aromatic amines is 2. The van der Waals surface area contributed by atoms with Crippen LogP contribution in [0.5, 0.6) is 0 Å². The third-order valence-corrected chi connectivity index (χ3v) is 13.3. The number of carboxylic acid groups (broad SMARTS) is 1. The first-order chi connectivity index (χ1) is 36.6. The number of carbonyl (C=O) groups excluding carboxylic acids is 8. The van der Waals surface area contributed by atoms with Crippen molar-refractivity contribution in [2.45, 2.75) is 133 Å². The number of aliphatic hydroxyl groups is 1. The van der Waals surface area contributed by atoms with Crippen LogP contribution in [0.15, 0.2) is 48.0 Å². The highest BCUT2D eigenvalue weighted by molar-refractivity contribution is 7.80. The average Bonchev–Trinajstić information content (AvgIpc) is 4.19. The van der Waals surface area contributed by atoms with E-state index in [9.17, 15) is 53.4 Å². The molecule has 424 valence electrons. The summed E-state index contributed by atoms with van der Waals surface area (Å²) in [6.07, 6.45) is 5.12. The summed E-state index contributed by atoms with van der Waals surface area (Å²) in [5.41, 5.74) is 18.5. The van der Waals surface area contributed by atoms with Crippen molar-refractivity contribution in [1.29, 1.82) is 0 Å². The fourth-order valence-electron chi connectivity index (χ4n) is 8.60. The molecule has 0 bridgehead atoms. The van der Waals surface area contributed by atoms with Gasteiger partial charge in [-0.2, -0.15) is 25.3 Å². The SMILES string of the molecule is CC(C)C[C@H](NC(=O)[C@H](Cc1cnc[nH]1)NC(=O)[C@H](Cc1c[nH]c2ccccc12)NC(=O)[C@H](CO)NC(=O)[C@@H]1CCCN1C(=O)[C@H](CC(C)C)NC(=O)[C@@H](N)CS)C(=O)N[C@@H](CCCN=C(N)N)C(=O)N[C@@H](CS)C(=O)O. The summed E-state index contributed by atoms with van der Waals surface area (Å²) in [7, 11) is 0. The van der Waals surface area contributed by atoms with Crippen LogP contribution >= 0.6 is 25.3 Å². The smallest absolute Gasteiger partial charge is 0.327 e. The number of para-hydroxylation sites is 1. The molecule has 0 unspecified atom stereocenters. The van der Waals surface area contributed by atoms with Crippen molar-refractivity contribution in [3.63, 3.8) is 0 Å². The van der Waals surface area contributed by atoms with Crippen molar-refractivity contribution < 1.29 is 53.4 Å². The van der Waals surface area contributed by atoms with Crippen LogP contribution in [-0.4, -0.2) is 175 Å². The third kappa shape index (κ3) is 19.3. The lowest BCUT2D eigenvalue weighted by Gasteiger charge is -2.31. The number of thiol groups is 2. The van der Waals surface area contributed by atoms with Gasteiger partial charge in [-0.1, -0.05) is 45.9 Å². The van der Waals surface area contributed by atoms with E-state index in [1.807, 2.05) is 19.9 Å². The van der Waals surface area contributed by atoms with Crippen molar-refractivity contribution in [1.82, 2.24) is 57.1 Å². The van der Waals surface area contributed by atoms with Gasteiger partial charge in [-0.15, -0.1) is 0 Å². The van der Waals surface area contributed by atoms with E-state index in [1.54, 1.807) is 38.2 Å². The normalized spacial score (nSPS) is 16.4. The van der Waals surface area contributed by atoms with Crippen molar-refractivity contribution in [2.24, 2.45) is 34.0 Å². The zero-order chi connectivity index (χ0) is 56.9. The minimum atomic E-state index is -1.64. The molecule has 9 atom stereocenters. The first kappa shape index (κ1) is 62.6. The second-order valence-electron chi connectivity index (χ2n) is 19.7. The Bertz CT molecular complexity index is 2520. The van der Waals surface area contributed by atoms with Gasteiger partial charge in [0.2, 0.25) is 47.3 Å². The number of aliphatic imine (C=N–C) groups is 1. The van der Waals surface area contributed by atoms with E-state index in [0.29, 0.717) is 28.6 Å². The van der Waals surface area contributed by atoms with Gasteiger partial charge in [-0.05, 0) is 62.0 Å².